The molecule has 240 valence electrons. The molecule has 1 amide bonds. The van der Waals surface area contributed by atoms with E-state index in [1.165, 1.54) is 30.8 Å². The summed E-state index contributed by atoms with van der Waals surface area (Å²) in [6.45, 7) is 13.1. The number of hydrogen-bond acceptors (Lipinski definition) is 7. The molecule has 13 heteroatoms. The Hall–Kier alpha value is -3.61. The minimum Gasteiger partial charge on any atom is -0.456 e. The minimum atomic E-state index is -0.887. The van der Waals surface area contributed by atoms with E-state index in [0.29, 0.717) is 35.2 Å². The zero-order valence-corrected chi connectivity index (χ0v) is 28.3. The molecular formula is C31H41BrFN5O6. The van der Waals surface area contributed by atoms with E-state index >= 15 is 0 Å². The standard InChI is InChI=1S/C31H41BrFN5O6/c1-29(2,3)43-26(40)21-22-23(25(39)36(9)28(42)35(22)8)38(16-18-15-19(33)11-12-20(18)32)24(21)37-14-10-13-31(7,17-37)34-27(41)44-30(4,5)6/h11-12,15H,10,13-14,16-17H2,1-9H3,(H,34,41)/t31-/m1/s1. The molecular weight excluding hydrogens is 637 g/mol. The number of nitrogens with one attached hydrogen (secondary N) is 1. The summed E-state index contributed by atoms with van der Waals surface area (Å²) in [4.78, 5) is 55.8. The maximum Gasteiger partial charge on any atom is 0.408 e. The molecule has 1 saturated heterocycles. The summed E-state index contributed by atoms with van der Waals surface area (Å²) in [6, 6.07) is 4.24. The molecule has 1 fully saturated rings. The van der Waals surface area contributed by atoms with Gasteiger partial charge in [0.1, 0.15) is 33.9 Å². The van der Waals surface area contributed by atoms with Crippen LogP contribution in [0.4, 0.5) is 15.0 Å². The highest BCUT2D eigenvalue weighted by atomic mass is 79.9. The van der Waals surface area contributed by atoms with Gasteiger partial charge in [-0.3, -0.25) is 13.9 Å². The number of alkyl carbamates (subject to hydrolysis) is 1. The summed E-state index contributed by atoms with van der Waals surface area (Å²) in [6.07, 6.45) is 0.678. The van der Waals surface area contributed by atoms with E-state index in [0.717, 1.165) is 4.57 Å². The average Bonchev–Trinajstić information content (AvgIpc) is 3.21. The highest BCUT2D eigenvalue weighted by Gasteiger charge is 2.39. The van der Waals surface area contributed by atoms with Crippen LogP contribution in [0.25, 0.3) is 11.0 Å². The van der Waals surface area contributed by atoms with Crippen molar-refractivity contribution in [3.05, 3.63) is 60.5 Å². The Morgan fingerprint density at radius 2 is 1.66 bits per heavy atom. The molecule has 2 aromatic heterocycles. The zero-order valence-electron chi connectivity index (χ0n) is 26.8. The molecule has 0 bridgehead atoms. The molecule has 3 aromatic rings. The number of hydrogen-bond donors (Lipinski definition) is 1. The smallest absolute Gasteiger partial charge is 0.408 e. The number of nitrogens with zero attached hydrogens (tertiary/aromatic N) is 4. The summed E-state index contributed by atoms with van der Waals surface area (Å²) < 4.78 is 30.3. The number of aryl methyl sites for hydroxylation is 1. The number of piperidine rings is 1. The number of anilines is 1. The van der Waals surface area contributed by atoms with Crippen molar-refractivity contribution in [2.75, 3.05) is 18.0 Å². The third-order valence-corrected chi connectivity index (χ3v) is 8.14. The van der Waals surface area contributed by atoms with Crippen molar-refractivity contribution in [1.29, 1.82) is 0 Å². The molecule has 0 saturated carbocycles. The van der Waals surface area contributed by atoms with Crippen LogP contribution in [0.2, 0.25) is 0 Å². The quantitative estimate of drug-likeness (QED) is 0.385. The van der Waals surface area contributed by atoms with Crippen LogP contribution in [-0.2, 0) is 30.1 Å². The van der Waals surface area contributed by atoms with Gasteiger partial charge in [0.05, 0.1) is 17.6 Å². The Labute approximate surface area is 264 Å². The topological polar surface area (TPSA) is 117 Å². The maximum atomic E-state index is 14.5. The van der Waals surface area contributed by atoms with Crippen molar-refractivity contribution in [3.8, 4) is 0 Å². The summed E-state index contributed by atoms with van der Waals surface area (Å²) in [5, 5.41) is 2.99. The molecule has 1 aliphatic rings. The van der Waals surface area contributed by atoms with Gasteiger partial charge < -0.3 is 24.3 Å². The van der Waals surface area contributed by atoms with Crippen molar-refractivity contribution >= 4 is 44.8 Å². The van der Waals surface area contributed by atoms with Crippen LogP contribution in [0.3, 0.4) is 0 Å². The molecule has 1 aromatic carbocycles. The molecule has 4 rings (SSSR count). The molecule has 0 radical (unpaired) electrons. The van der Waals surface area contributed by atoms with E-state index in [4.69, 9.17) is 9.47 Å². The van der Waals surface area contributed by atoms with E-state index in [-0.39, 0.29) is 29.7 Å². The number of carbonyl (C=O) groups is 2. The fourth-order valence-corrected chi connectivity index (χ4v) is 5.98. The van der Waals surface area contributed by atoms with Gasteiger partial charge in [0.15, 0.2) is 0 Å². The molecule has 0 aliphatic carbocycles. The van der Waals surface area contributed by atoms with Gasteiger partial charge in [-0.05, 0) is 85.1 Å². The van der Waals surface area contributed by atoms with E-state index < -0.39 is 45.9 Å². The van der Waals surface area contributed by atoms with E-state index in [1.807, 2.05) is 11.8 Å². The first-order valence-electron chi connectivity index (χ1n) is 14.5. The summed E-state index contributed by atoms with van der Waals surface area (Å²) in [5.74, 6) is -0.855. The summed E-state index contributed by atoms with van der Waals surface area (Å²) in [5.41, 5.74) is -2.82. The van der Waals surface area contributed by atoms with Crippen LogP contribution in [0.5, 0.6) is 0 Å². The van der Waals surface area contributed by atoms with Crippen molar-refractivity contribution in [2.24, 2.45) is 14.1 Å². The first-order chi connectivity index (χ1) is 20.2. The first-order valence-corrected chi connectivity index (χ1v) is 15.3. The predicted molar refractivity (Wildman–Crippen MR) is 170 cm³/mol. The lowest BCUT2D eigenvalue weighted by Gasteiger charge is -2.42. The third kappa shape index (κ3) is 6.87. The maximum absolute atomic E-state index is 14.5. The molecule has 1 aliphatic heterocycles. The van der Waals surface area contributed by atoms with Crippen LogP contribution >= 0.6 is 15.9 Å². The number of esters is 1. The van der Waals surface area contributed by atoms with E-state index in [1.54, 1.807) is 52.2 Å². The second kappa shape index (κ2) is 11.7. The molecule has 1 N–H and O–H groups in total. The van der Waals surface area contributed by atoms with Crippen LogP contribution < -0.4 is 21.5 Å². The third-order valence-electron chi connectivity index (χ3n) is 7.36. The zero-order chi connectivity index (χ0) is 32.9. The van der Waals surface area contributed by atoms with Crippen LogP contribution in [0.15, 0.2) is 32.3 Å². The number of carbonyl (C=O) groups excluding carboxylic acids is 2. The van der Waals surface area contributed by atoms with Crippen molar-refractivity contribution < 1.29 is 23.5 Å². The molecule has 1 atom stereocenters. The number of fused-ring (bicyclic) bond motifs is 1. The van der Waals surface area contributed by atoms with E-state index in [9.17, 15) is 23.6 Å². The minimum absolute atomic E-state index is 0.00682. The Kier molecular flexibility index (Phi) is 8.86. The number of benzene rings is 1. The van der Waals surface area contributed by atoms with Crippen LogP contribution in [-0.4, -0.2) is 55.6 Å². The summed E-state index contributed by atoms with van der Waals surface area (Å²) >= 11 is 3.49. The highest BCUT2D eigenvalue weighted by molar-refractivity contribution is 9.10. The van der Waals surface area contributed by atoms with Gasteiger partial charge in [0, 0.05) is 31.7 Å². The van der Waals surface area contributed by atoms with Crippen molar-refractivity contribution in [1.82, 2.24) is 19.0 Å². The second-order valence-corrected chi connectivity index (χ2v) is 14.5. The normalized spacial score (nSPS) is 17.6. The average molecular weight is 679 g/mol. The predicted octanol–water partition coefficient (Wildman–Crippen LogP) is 4.83. The van der Waals surface area contributed by atoms with Crippen LogP contribution in [0, 0.1) is 5.82 Å². The number of aromatic nitrogens is 3. The fourth-order valence-electron chi connectivity index (χ4n) is 5.61. The van der Waals surface area contributed by atoms with Gasteiger partial charge in [-0.15, -0.1) is 0 Å². The van der Waals surface area contributed by atoms with Crippen molar-refractivity contribution in [2.45, 2.75) is 84.6 Å². The number of ether oxygens (including phenoxy) is 2. The van der Waals surface area contributed by atoms with Gasteiger partial charge in [0.25, 0.3) is 5.56 Å². The van der Waals surface area contributed by atoms with Gasteiger partial charge >= 0.3 is 17.8 Å². The van der Waals surface area contributed by atoms with Gasteiger partial charge in [-0.2, -0.15) is 0 Å². The molecule has 0 unspecified atom stereocenters. The monoisotopic (exact) mass is 677 g/mol. The number of amides is 1. The lowest BCUT2D eigenvalue weighted by Crippen LogP contribution is -2.58. The van der Waals surface area contributed by atoms with E-state index in [2.05, 4.69) is 21.2 Å². The van der Waals surface area contributed by atoms with Gasteiger partial charge in [0.2, 0.25) is 0 Å². The Morgan fingerprint density at radius 3 is 2.27 bits per heavy atom. The van der Waals surface area contributed by atoms with Crippen molar-refractivity contribution in [3.63, 3.8) is 0 Å². The fraction of sp³-hybridized carbons (Fsp3) is 0.548. The number of halogens is 2. The molecule has 11 nitrogen and oxygen atoms in total. The Balaban J connectivity index is 2.02. The molecule has 0 spiro atoms. The van der Waals surface area contributed by atoms with Gasteiger partial charge in [-0.1, -0.05) is 15.9 Å². The lowest BCUT2D eigenvalue weighted by atomic mass is 9.91. The molecule has 3 heterocycles. The second-order valence-electron chi connectivity index (χ2n) is 13.6. The SMILES string of the molecule is Cn1c(=O)c2c(c(C(=O)OC(C)(C)C)c(N3CCC[C@@](C)(NC(=O)OC(C)(C)C)C3)n2Cc2cc(F)ccc2Br)n(C)c1=O. The lowest BCUT2D eigenvalue weighted by molar-refractivity contribution is 0.00709. The van der Waals surface area contributed by atoms with Gasteiger partial charge in [-0.25, -0.2) is 18.8 Å². The number of rotatable bonds is 5. The largest absolute Gasteiger partial charge is 0.456 e. The Morgan fingerprint density at radius 1 is 1.02 bits per heavy atom. The molecule has 44 heavy (non-hydrogen) atoms. The first kappa shape index (κ1) is 33.3. The Bertz CT molecular complexity index is 1750. The summed E-state index contributed by atoms with van der Waals surface area (Å²) in [7, 11) is 2.86. The highest BCUT2D eigenvalue weighted by Crippen LogP contribution is 2.37. The van der Waals surface area contributed by atoms with Crippen LogP contribution in [0.1, 0.15) is 77.2 Å².